The first-order valence-corrected chi connectivity index (χ1v) is 7.57. The Morgan fingerprint density at radius 3 is 2.37 bits per heavy atom. The molecule has 1 fully saturated rings. The quantitative estimate of drug-likeness (QED) is 0.643. The van der Waals surface area contributed by atoms with Gasteiger partial charge in [0, 0.05) is 13.1 Å². The third-order valence-electron chi connectivity index (χ3n) is 2.90. The maximum atomic E-state index is 13.2. The van der Waals surface area contributed by atoms with Crippen LogP contribution in [0.4, 0.5) is 10.1 Å². The second-order valence-corrected chi connectivity index (χ2v) is 7.02. The van der Waals surface area contributed by atoms with Crippen LogP contribution in [-0.4, -0.2) is 48.2 Å². The lowest BCUT2D eigenvalue weighted by Gasteiger charge is -2.17. The Morgan fingerprint density at radius 1 is 1.32 bits per heavy atom. The summed E-state index contributed by atoms with van der Waals surface area (Å²) in [6, 6.07) is 1.97. The van der Waals surface area contributed by atoms with Gasteiger partial charge in [-0.1, -0.05) is 0 Å². The predicted molar refractivity (Wildman–Crippen MR) is 69.3 cm³/mol. The number of β-amino-alcohol motifs (C(OH)–C–C–N with tert-alkyl or cyclic N) is 2. The van der Waals surface area contributed by atoms with Crippen molar-refractivity contribution in [2.75, 3.05) is 18.8 Å². The molecule has 9 heteroatoms. The van der Waals surface area contributed by atoms with Crippen molar-refractivity contribution in [3.63, 3.8) is 0 Å². The fourth-order valence-corrected chi connectivity index (χ4v) is 3.93. The molecule has 0 bridgehead atoms. The Balaban J connectivity index is 2.43. The number of rotatable bonds is 2. The summed E-state index contributed by atoms with van der Waals surface area (Å²) in [5.41, 5.74) is 5.30. The molecule has 0 unspecified atom stereocenters. The molecule has 1 aliphatic heterocycles. The highest BCUT2D eigenvalue weighted by Gasteiger charge is 2.38. The van der Waals surface area contributed by atoms with Crippen molar-refractivity contribution < 1.29 is 23.0 Å². The van der Waals surface area contributed by atoms with E-state index in [4.69, 9.17) is 5.73 Å². The van der Waals surface area contributed by atoms with Crippen LogP contribution in [0.1, 0.15) is 0 Å². The third-order valence-corrected chi connectivity index (χ3v) is 5.39. The van der Waals surface area contributed by atoms with Gasteiger partial charge in [-0.05, 0) is 28.1 Å². The molecule has 6 nitrogen and oxygen atoms in total. The predicted octanol–water partition coefficient (Wildman–Crippen LogP) is -0.103. The molecule has 1 heterocycles. The van der Waals surface area contributed by atoms with Crippen molar-refractivity contribution in [1.29, 1.82) is 0 Å². The smallest absolute Gasteiger partial charge is 0.245 e. The van der Waals surface area contributed by atoms with Crippen molar-refractivity contribution in [3.05, 3.63) is 22.4 Å². The average Bonchev–Trinajstić information content (AvgIpc) is 2.65. The molecule has 1 saturated heterocycles. The van der Waals surface area contributed by atoms with E-state index in [2.05, 4.69) is 15.9 Å². The molecular weight excluding hydrogens is 343 g/mol. The van der Waals surface area contributed by atoms with Crippen LogP contribution in [0.15, 0.2) is 21.5 Å². The number of anilines is 1. The van der Waals surface area contributed by atoms with Crippen LogP contribution in [0.25, 0.3) is 0 Å². The Labute approximate surface area is 117 Å². The van der Waals surface area contributed by atoms with E-state index in [0.29, 0.717) is 0 Å². The van der Waals surface area contributed by atoms with Crippen LogP contribution in [0.5, 0.6) is 0 Å². The van der Waals surface area contributed by atoms with E-state index in [-0.39, 0.29) is 28.1 Å². The van der Waals surface area contributed by atoms with E-state index in [1.165, 1.54) is 0 Å². The first-order valence-electron chi connectivity index (χ1n) is 5.34. The van der Waals surface area contributed by atoms with Crippen molar-refractivity contribution >= 4 is 31.6 Å². The van der Waals surface area contributed by atoms with Crippen LogP contribution in [0.3, 0.4) is 0 Å². The van der Waals surface area contributed by atoms with Crippen molar-refractivity contribution in [3.8, 4) is 0 Å². The standard InChI is InChI=1S/C10H12BrFN2O4S/c11-5-1-10(7(13)2-6(5)12)19(17,18)14-3-8(15)9(16)4-14/h1-2,8-9,15-16H,3-4,13H2/t8-,9+. The molecule has 0 aromatic heterocycles. The van der Waals surface area contributed by atoms with Gasteiger partial charge in [0.2, 0.25) is 10.0 Å². The Hall–Kier alpha value is -0.740. The Bertz CT molecular complexity index is 600. The molecule has 1 aromatic rings. The fraction of sp³-hybridized carbons (Fsp3) is 0.400. The summed E-state index contributed by atoms with van der Waals surface area (Å²) < 4.78 is 38.7. The van der Waals surface area contributed by atoms with Gasteiger partial charge >= 0.3 is 0 Å². The molecule has 1 aromatic carbocycles. The van der Waals surface area contributed by atoms with Crippen LogP contribution in [0.2, 0.25) is 0 Å². The summed E-state index contributed by atoms with van der Waals surface area (Å²) in [6.45, 7) is -0.449. The second-order valence-electron chi connectivity index (χ2n) is 4.26. The van der Waals surface area contributed by atoms with E-state index in [9.17, 15) is 23.0 Å². The lowest BCUT2D eigenvalue weighted by molar-refractivity contribution is 0.0572. The zero-order chi connectivity index (χ0) is 14.4. The van der Waals surface area contributed by atoms with E-state index >= 15 is 0 Å². The number of sulfonamides is 1. The number of nitrogens with two attached hydrogens (primary N) is 1. The molecule has 106 valence electrons. The zero-order valence-electron chi connectivity index (χ0n) is 9.62. The van der Waals surface area contributed by atoms with Crippen LogP contribution >= 0.6 is 15.9 Å². The van der Waals surface area contributed by atoms with E-state index in [1.54, 1.807) is 0 Å². The van der Waals surface area contributed by atoms with Crippen LogP contribution in [-0.2, 0) is 10.0 Å². The molecule has 19 heavy (non-hydrogen) atoms. The van der Waals surface area contributed by atoms with Gasteiger partial charge in [0.1, 0.15) is 10.7 Å². The number of nitrogens with zero attached hydrogens (tertiary/aromatic N) is 1. The normalized spacial score (nSPS) is 24.8. The summed E-state index contributed by atoms with van der Waals surface area (Å²) in [4.78, 5) is -0.262. The van der Waals surface area contributed by atoms with Gasteiger partial charge in [0.25, 0.3) is 0 Å². The minimum absolute atomic E-state index is 0.0273. The summed E-state index contributed by atoms with van der Waals surface area (Å²) in [5, 5.41) is 18.8. The lowest BCUT2D eigenvalue weighted by Crippen LogP contribution is -2.30. The van der Waals surface area contributed by atoms with Gasteiger partial charge in [-0.15, -0.1) is 0 Å². The van der Waals surface area contributed by atoms with Crippen LogP contribution < -0.4 is 5.73 Å². The monoisotopic (exact) mass is 354 g/mol. The highest BCUT2D eigenvalue weighted by molar-refractivity contribution is 9.10. The van der Waals surface area contributed by atoms with Crippen LogP contribution in [0, 0.1) is 5.82 Å². The minimum Gasteiger partial charge on any atom is -0.398 e. The third kappa shape index (κ3) is 2.61. The molecule has 0 saturated carbocycles. The largest absolute Gasteiger partial charge is 0.398 e. The topological polar surface area (TPSA) is 104 Å². The molecule has 4 N–H and O–H groups in total. The van der Waals surface area contributed by atoms with Crippen molar-refractivity contribution in [2.24, 2.45) is 0 Å². The number of aliphatic hydroxyl groups excluding tert-OH is 2. The first-order chi connectivity index (χ1) is 8.73. The Morgan fingerprint density at radius 2 is 1.84 bits per heavy atom. The molecule has 2 atom stereocenters. The fourth-order valence-electron chi connectivity index (χ4n) is 1.84. The molecular formula is C10H12BrFN2O4S. The summed E-state index contributed by atoms with van der Waals surface area (Å²) in [7, 11) is -3.98. The SMILES string of the molecule is Nc1cc(F)c(Br)cc1S(=O)(=O)N1C[C@@H](O)[C@@H](O)C1. The number of aliphatic hydroxyl groups is 2. The molecule has 0 radical (unpaired) electrons. The first kappa shape index (κ1) is 14.7. The highest BCUT2D eigenvalue weighted by Crippen LogP contribution is 2.30. The molecule has 0 spiro atoms. The summed E-state index contributed by atoms with van der Waals surface area (Å²) >= 11 is 2.89. The molecule has 1 aliphatic rings. The minimum atomic E-state index is -3.98. The number of nitrogen functional groups attached to an aromatic ring is 1. The van der Waals surface area contributed by atoms with E-state index in [0.717, 1.165) is 16.4 Å². The van der Waals surface area contributed by atoms with E-state index in [1.807, 2.05) is 0 Å². The highest BCUT2D eigenvalue weighted by atomic mass is 79.9. The Kier molecular flexibility index (Phi) is 3.85. The van der Waals surface area contributed by atoms with Gasteiger partial charge in [-0.3, -0.25) is 0 Å². The zero-order valence-corrected chi connectivity index (χ0v) is 12.0. The number of hydrogen-bond acceptors (Lipinski definition) is 5. The van der Waals surface area contributed by atoms with Gasteiger partial charge < -0.3 is 15.9 Å². The van der Waals surface area contributed by atoms with Gasteiger partial charge in [-0.2, -0.15) is 4.31 Å². The molecule has 0 amide bonds. The summed E-state index contributed by atoms with van der Waals surface area (Å²) in [5.74, 6) is -0.669. The van der Waals surface area contributed by atoms with Gasteiger partial charge in [0.05, 0.1) is 22.4 Å². The number of halogens is 2. The number of hydrogen-bond donors (Lipinski definition) is 3. The van der Waals surface area contributed by atoms with Gasteiger partial charge in [0.15, 0.2) is 0 Å². The van der Waals surface area contributed by atoms with Crippen molar-refractivity contribution in [2.45, 2.75) is 17.1 Å². The number of benzene rings is 1. The maximum absolute atomic E-state index is 13.2. The maximum Gasteiger partial charge on any atom is 0.245 e. The molecule has 2 rings (SSSR count). The van der Waals surface area contributed by atoms with E-state index < -0.39 is 28.0 Å². The van der Waals surface area contributed by atoms with Crippen molar-refractivity contribution in [1.82, 2.24) is 4.31 Å². The molecule has 0 aliphatic carbocycles. The lowest BCUT2D eigenvalue weighted by atomic mass is 10.3. The van der Waals surface area contributed by atoms with Gasteiger partial charge in [-0.25, -0.2) is 12.8 Å². The average molecular weight is 355 g/mol. The summed E-state index contributed by atoms with van der Waals surface area (Å²) in [6.07, 6.45) is -2.28. The second kappa shape index (κ2) is 4.98.